The van der Waals surface area contributed by atoms with Gasteiger partial charge in [-0.15, -0.1) is 0 Å². The molecule has 142 heavy (non-hydrogen) atoms. The molecule has 1 unspecified atom stereocenters. The maximum atomic E-state index is 15.8. The van der Waals surface area contributed by atoms with Crippen LogP contribution in [0.1, 0.15) is 294 Å². The number of unbranched alkanes of at least 4 members (excludes halogenated alkanes) is 24. The molecule has 1 aliphatic heterocycles. The molecule has 0 saturated carbocycles. The number of primary amides is 1. The summed E-state index contributed by atoms with van der Waals surface area (Å²) in [6.45, 7) is 5.22. The van der Waals surface area contributed by atoms with Crippen molar-refractivity contribution < 1.29 is 71.7 Å². The van der Waals surface area contributed by atoms with Gasteiger partial charge in [0.15, 0.2) is 0 Å². The van der Waals surface area contributed by atoms with Crippen molar-refractivity contribution in [1.82, 2.24) is 42.2 Å². The van der Waals surface area contributed by atoms with Crippen LogP contribution in [-0.4, -0.2) is 170 Å². The number of allylic oxidation sites excluding steroid dienone is 3. The molecule has 7 atom stereocenters. The van der Waals surface area contributed by atoms with E-state index in [0.717, 1.165) is 118 Å². The Morgan fingerprint density at radius 2 is 0.852 bits per heavy atom. The lowest BCUT2D eigenvalue weighted by Crippen LogP contribution is -2.59. The van der Waals surface area contributed by atoms with Crippen LogP contribution < -0.4 is 53.6 Å². The first-order chi connectivity index (χ1) is 69.3. The molecule has 0 saturated heterocycles. The van der Waals surface area contributed by atoms with Gasteiger partial charge in [0, 0.05) is 111 Å². The standard InChI is InChI=1S/C115H151N11O15S/c1-3-5-7-9-11-13-15-17-19-21-23-25-27-53-108(130)140-79-92(141-109(131)54-28-26-24-22-20-18-16-14-12-10-8-6-4-2)80-142-81-97(116)111(133)119-68-70-139-72-71-138-69-67-118-105(127)64-63-99(112(134)124-103(75-89-62-58-85-44-33-37-49-95(85)89)115(137)123-100(110(117)132)73-87-60-56-83-42-31-35-47-93(83)87)122-114(136)102(74-88-61-57-84-43-32-36-48-94(84)88)125-113(135)101(76-91-77-120-98-51-39-38-50-96(91)98)121-106(128)65-66-107(129)126-78-90-46-30-29-41-82(90)55-59-86-45-34-40-52-104(86)126/h29-52,60-62,77,92,97,99-103,120H,3-28,53-54,56-58,63-76,78-81,116H2,1-2H3,(H2,117,132)(H,118,127)(H,119,133)(H,121,128)(H,122,136)(H,123,137)(H,124,134)(H,125,135)/t92?,97-,99-,100-,101-,102-,103-/m0/s1. The molecule has 762 valence electrons. The Morgan fingerprint density at radius 1 is 0.415 bits per heavy atom. The molecule has 6 aromatic carbocycles. The summed E-state index contributed by atoms with van der Waals surface area (Å²) in [4.78, 5) is 163. The predicted molar refractivity (Wildman–Crippen MR) is 562 cm³/mol. The summed E-state index contributed by atoms with van der Waals surface area (Å²) in [5, 5.41) is 21.1. The summed E-state index contributed by atoms with van der Waals surface area (Å²) in [5.41, 5.74) is 24.7. The molecule has 11 rings (SSSR count). The molecule has 3 aliphatic carbocycles. The van der Waals surface area contributed by atoms with Crippen LogP contribution in [0.3, 0.4) is 0 Å². The van der Waals surface area contributed by atoms with Crippen molar-refractivity contribution in [2.45, 2.75) is 313 Å². The molecular formula is C115H151N11O15S. The first-order valence-corrected chi connectivity index (χ1v) is 53.5. The minimum Gasteiger partial charge on any atom is -0.462 e. The number of benzene rings is 6. The normalized spacial score (nSPS) is 14.1. The zero-order valence-electron chi connectivity index (χ0n) is 83.5. The van der Waals surface area contributed by atoms with Crippen LogP contribution in [0.5, 0.6) is 0 Å². The number of carbonyl (C=O) groups excluding carboxylic acids is 11. The average molecular weight is 1960 g/mol. The van der Waals surface area contributed by atoms with Gasteiger partial charge in [-0.3, -0.25) is 52.7 Å². The fourth-order valence-corrected chi connectivity index (χ4v) is 19.8. The second-order valence-electron chi connectivity index (χ2n) is 37.9. The van der Waals surface area contributed by atoms with Crippen molar-refractivity contribution in [2.75, 3.05) is 62.5 Å². The number of hydrogen-bond donors (Lipinski definition) is 10. The van der Waals surface area contributed by atoms with E-state index in [-0.39, 0.29) is 140 Å². The van der Waals surface area contributed by atoms with Crippen LogP contribution in [0.15, 0.2) is 170 Å². The monoisotopic (exact) mass is 1960 g/mol. The van der Waals surface area contributed by atoms with Crippen LogP contribution in [0, 0.1) is 11.8 Å². The van der Waals surface area contributed by atoms with Crippen LogP contribution in [-0.2, 0) is 104 Å². The average Bonchev–Trinajstić information content (AvgIpc) is 1.22. The van der Waals surface area contributed by atoms with E-state index in [2.05, 4.69) is 67.9 Å². The minimum atomic E-state index is -1.57. The lowest BCUT2D eigenvalue weighted by Gasteiger charge is -2.28. The van der Waals surface area contributed by atoms with Crippen LogP contribution >= 0.6 is 11.8 Å². The summed E-state index contributed by atoms with van der Waals surface area (Å²) in [5.74, 6) is 0.382. The van der Waals surface area contributed by atoms with Gasteiger partial charge in [-0.1, -0.05) is 319 Å². The van der Waals surface area contributed by atoms with E-state index in [1.807, 2.05) is 164 Å². The van der Waals surface area contributed by atoms with E-state index in [1.165, 1.54) is 127 Å². The predicted octanol–water partition coefficient (Wildman–Crippen LogP) is 17.0. The van der Waals surface area contributed by atoms with Gasteiger partial charge in [0.1, 0.15) is 42.9 Å². The van der Waals surface area contributed by atoms with Crippen molar-refractivity contribution in [2.24, 2.45) is 11.5 Å². The third-order valence-electron chi connectivity index (χ3n) is 26.9. The molecule has 27 heteroatoms. The fourth-order valence-electron chi connectivity index (χ4n) is 18.8. The number of aromatic nitrogens is 1. The van der Waals surface area contributed by atoms with E-state index in [1.54, 1.807) is 11.1 Å². The third kappa shape index (κ3) is 37.4. The van der Waals surface area contributed by atoms with Crippen molar-refractivity contribution in [3.63, 3.8) is 0 Å². The molecule has 4 aliphatic rings. The largest absolute Gasteiger partial charge is 0.462 e. The molecule has 12 N–H and O–H groups in total. The van der Waals surface area contributed by atoms with Crippen molar-refractivity contribution >= 4 is 110 Å². The smallest absolute Gasteiger partial charge is 0.306 e. The molecule has 0 bridgehead atoms. The van der Waals surface area contributed by atoms with Gasteiger partial charge < -0.3 is 77.5 Å². The van der Waals surface area contributed by atoms with Gasteiger partial charge in [0.2, 0.25) is 53.2 Å². The lowest BCUT2D eigenvalue weighted by molar-refractivity contribution is -0.157. The zero-order chi connectivity index (χ0) is 100. The third-order valence-corrected chi connectivity index (χ3v) is 28.1. The topological polar surface area (TPSA) is 380 Å². The molecule has 2 heterocycles. The van der Waals surface area contributed by atoms with Crippen molar-refractivity contribution in [1.29, 1.82) is 0 Å². The van der Waals surface area contributed by atoms with Gasteiger partial charge in [0.25, 0.3) is 0 Å². The quantitative estimate of drug-likeness (QED) is 0.00961. The summed E-state index contributed by atoms with van der Waals surface area (Å²) >= 11 is 1.34. The Balaban J connectivity index is 0.701. The summed E-state index contributed by atoms with van der Waals surface area (Å²) in [6.07, 6.45) is 38.9. The number of thioether (sulfide) groups is 1. The number of para-hydroxylation sites is 2. The maximum Gasteiger partial charge on any atom is 0.306 e. The molecule has 26 nitrogen and oxygen atoms in total. The van der Waals surface area contributed by atoms with Crippen LogP contribution in [0.4, 0.5) is 5.69 Å². The molecular weight excluding hydrogens is 1810 g/mol. The van der Waals surface area contributed by atoms with Crippen molar-refractivity contribution in [3.8, 4) is 11.8 Å². The van der Waals surface area contributed by atoms with Gasteiger partial charge in [-0.25, -0.2) is 0 Å². The SMILES string of the molecule is CCCCCCCCCCCCCCCC(=O)OCC(CSC[C@H](N)C(=O)NCCOCCOCCNC(=O)CC[C@H](NC(=O)[C@H](CC1=CCc2ccccc21)NC(=O)[C@H](Cc1c[nH]c2ccccc12)NC(=O)CCC(=O)N1Cc2ccccc2C#Cc2ccccc21)C(=O)N[C@@H](CC1=CCc2ccccc21)C(=O)N[C@@H](CC1=CCc2ccccc21)C(N)=O)OC(=O)CCCCCCCCCCCCCCC. The molecule has 9 amide bonds. The van der Waals surface area contributed by atoms with Crippen LogP contribution in [0.2, 0.25) is 0 Å². The number of rotatable bonds is 69. The summed E-state index contributed by atoms with van der Waals surface area (Å²) in [6, 6.07) is 37.6. The van der Waals surface area contributed by atoms with E-state index in [9.17, 15) is 33.6 Å². The summed E-state index contributed by atoms with van der Waals surface area (Å²) < 4.78 is 23.2. The number of ether oxygens (including phenoxy) is 4. The highest BCUT2D eigenvalue weighted by molar-refractivity contribution is 7.99. The number of anilines is 1. The number of amides is 9. The highest BCUT2D eigenvalue weighted by Crippen LogP contribution is 2.36. The highest BCUT2D eigenvalue weighted by atomic mass is 32.2. The van der Waals surface area contributed by atoms with E-state index in [0.29, 0.717) is 48.1 Å². The first kappa shape index (κ1) is 110. The van der Waals surface area contributed by atoms with E-state index in [4.69, 9.17) is 30.4 Å². The minimum absolute atomic E-state index is 0.0264. The van der Waals surface area contributed by atoms with Crippen molar-refractivity contribution in [3.05, 3.63) is 226 Å². The van der Waals surface area contributed by atoms with Gasteiger partial charge in [-0.2, -0.15) is 11.8 Å². The number of fused-ring (bicyclic) bond motifs is 6. The number of aromatic amines is 1. The van der Waals surface area contributed by atoms with E-state index < -0.39 is 89.6 Å². The molecule has 0 radical (unpaired) electrons. The molecule has 0 spiro atoms. The Labute approximate surface area is 843 Å². The molecule has 7 aromatic rings. The van der Waals surface area contributed by atoms with Crippen LogP contribution in [0.25, 0.3) is 27.6 Å². The molecule has 1 aromatic heterocycles. The lowest BCUT2D eigenvalue weighted by atomic mass is 9.96. The zero-order valence-corrected chi connectivity index (χ0v) is 84.3. The second-order valence-corrected chi connectivity index (χ2v) is 39.0. The Morgan fingerprint density at radius 3 is 1.39 bits per heavy atom. The van der Waals surface area contributed by atoms with Gasteiger partial charge in [0.05, 0.1) is 44.7 Å². The highest BCUT2D eigenvalue weighted by Gasteiger charge is 2.37. The number of esters is 2. The number of H-pyrrole nitrogens is 1. The number of nitrogens with one attached hydrogen (secondary N) is 8. The number of hydrogen-bond acceptors (Lipinski definition) is 17. The Kier molecular flexibility index (Phi) is 48.0. The Hall–Kier alpha value is -12.0. The maximum absolute atomic E-state index is 15.8. The molecule has 0 fully saturated rings. The summed E-state index contributed by atoms with van der Waals surface area (Å²) in [7, 11) is 0. The van der Waals surface area contributed by atoms with E-state index >= 15 is 19.2 Å². The second kappa shape index (κ2) is 61.8. The fraction of sp³-hybridized carbons (Fsp3) is 0.504. The number of nitrogens with two attached hydrogens (primary N) is 2. The number of carbonyl (C=O) groups is 11. The van der Waals surface area contributed by atoms with Gasteiger partial charge in [-0.05, 0) is 124 Å². The number of nitrogens with zero attached hydrogens (tertiary/aromatic N) is 1. The van der Waals surface area contributed by atoms with Gasteiger partial charge >= 0.3 is 11.9 Å². The Bertz CT molecular complexity index is 5440. The first-order valence-electron chi connectivity index (χ1n) is 52.3.